The minimum absolute atomic E-state index is 0.173. The molecule has 2 rings (SSSR count). The van der Waals surface area contributed by atoms with E-state index in [9.17, 15) is 14.4 Å². The van der Waals surface area contributed by atoms with E-state index in [1.54, 1.807) is 6.07 Å². The maximum absolute atomic E-state index is 12.1. The Labute approximate surface area is 152 Å². The van der Waals surface area contributed by atoms with Crippen molar-refractivity contribution in [2.45, 2.75) is 19.9 Å². The summed E-state index contributed by atoms with van der Waals surface area (Å²) < 4.78 is 9.62. The Hall–Kier alpha value is -3.15. The second-order valence-corrected chi connectivity index (χ2v) is 5.85. The van der Waals surface area contributed by atoms with Crippen LogP contribution in [0.25, 0.3) is 0 Å². The summed E-state index contributed by atoms with van der Waals surface area (Å²) in [6.07, 6.45) is 0. The zero-order valence-electron chi connectivity index (χ0n) is 14.9. The van der Waals surface area contributed by atoms with Crippen LogP contribution in [0.4, 0.5) is 0 Å². The van der Waals surface area contributed by atoms with Crippen LogP contribution in [0, 0.1) is 6.92 Å². The second-order valence-electron chi connectivity index (χ2n) is 5.85. The van der Waals surface area contributed by atoms with Gasteiger partial charge in [0.15, 0.2) is 6.61 Å². The summed E-state index contributed by atoms with van der Waals surface area (Å²) in [6, 6.07) is 13.5. The van der Waals surface area contributed by atoms with Crippen molar-refractivity contribution in [1.29, 1.82) is 0 Å². The molecule has 2 aromatic carbocycles. The summed E-state index contributed by atoms with van der Waals surface area (Å²) in [5.41, 5.74) is 2.50. The number of carbonyl (C=O) groups excluding carboxylic acids is 3. The minimum Gasteiger partial charge on any atom is -0.465 e. The van der Waals surface area contributed by atoms with Crippen molar-refractivity contribution in [2.24, 2.45) is 0 Å². The zero-order chi connectivity index (χ0) is 19.1. The molecule has 0 aliphatic heterocycles. The van der Waals surface area contributed by atoms with Crippen LogP contribution in [-0.2, 0) is 14.3 Å². The lowest BCUT2D eigenvalue weighted by Crippen LogP contribution is -2.31. The van der Waals surface area contributed by atoms with Gasteiger partial charge in [0.05, 0.1) is 24.3 Å². The van der Waals surface area contributed by atoms with Gasteiger partial charge in [0.25, 0.3) is 5.91 Å². The number of carbonyl (C=O) groups is 3. The lowest BCUT2D eigenvalue weighted by atomic mass is 10.1. The highest BCUT2D eigenvalue weighted by molar-refractivity contribution is 5.96. The van der Waals surface area contributed by atoms with Gasteiger partial charge in [-0.2, -0.15) is 0 Å². The standard InChI is InChI=1S/C20H21NO5/c1-13-7-9-15(10-8-13)14(2)21-18(22)12-26-20(24)17-6-4-5-16(11-17)19(23)25-3/h4-11,14H,12H2,1-3H3,(H,21,22)/t14-/m1/s1. The van der Waals surface area contributed by atoms with Gasteiger partial charge in [-0.15, -0.1) is 0 Å². The quantitative estimate of drug-likeness (QED) is 0.806. The SMILES string of the molecule is COC(=O)c1cccc(C(=O)OCC(=O)N[C@H](C)c2ccc(C)cc2)c1. The van der Waals surface area contributed by atoms with Gasteiger partial charge in [-0.3, -0.25) is 4.79 Å². The molecule has 2 aromatic rings. The van der Waals surface area contributed by atoms with Gasteiger partial charge in [-0.05, 0) is 37.6 Å². The average molecular weight is 355 g/mol. The molecule has 0 unspecified atom stereocenters. The van der Waals surface area contributed by atoms with Crippen molar-refractivity contribution < 1.29 is 23.9 Å². The van der Waals surface area contributed by atoms with E-state index in [-0.39, 0.29) is 17.2 Å². The van der Waals surface area contributed by atoms with E-state index < -0.39 is 24.5 Å². The molecular weight excluding hydrogens is 334 g/mol. The molecule has 1 atom stereocenters. The molecule has 0 fully saturated rings. The molecule has 0 heterocycles. The van der Waals surface area contributed by atoms with E-state index in [0.717, 1.165) is 11.1 Å². The molecule has 0 bridgehead atoms. The van der Waals surface area contributed by atoms with Crippen LogP contribution in [-0.4, -0.2) is 31.6 Å². The van der Waals surface area contributed by atoms with Crippen LogP contribution in [0.15, 0.2) is 48.5 Å². The van der Waals surface area contributed by atoms with Crippen LogP contribution in [0.3, 0.4) is 0 Å². The maximum Gasteiger partial charge on any atom is 0.338 e. The third-order valence-corrected chi connectivity index (χ3v) is 3.81. The van der Waals surface area contributed by atoms with Crippen molar-refractivity contribution in [1.82, 2.24) is 5.32 Å². The van der Waals surface area contributed by atoms with Gasteiger partial charge in [0.1, 0.15) is 0 Å². The molecule has 6 heteroatoms. The Morgan fingerprint density at radius 2 is 1.62 bits per heavy atom. The Morgan fingerprint density at radius 1 is 1.00 bits per heavy atom. The van der Waals surface area contributed by atoms with Crippen molar-refractivity contribution in [3.8, 4) is 0 Å². The van der Waals surface area contributed by atoms with Gasteiger partial charge in [-0.25, -0.2) is 9.59 Å². The predicted molar refractivity (Wildman–Crippen MR) is 95.8 cm³/mol. The zero-order valence-corrected chi connectivity index (χ0v) is 14.9. The van der Waals surface area contributed by atoms with Crippen molar-refractivity contribution in [3.63, 3.8) is 0 Å². The minimum atomic E-state index is -0.686. The van der Waals surface area contributed by atoms with E-state index in [0.29, 0.717) is 0 Å². The van der Waals surface area contributed by atoms with Crippen LogP contribution in [0.1, 0.15) is 44.8 Å². The van der Waals surface area contributed by atoms with Crippen LogP contribution >= 0.6 is 0 Å². The van der Waals surface area contributed by atoms with E-state index in [4.69, 9.17) is 4.74 Å². The Morgan fingerprint density at radius 3 is 2.23 bits per heavy atom. The largest absolute Gasteiger partial charge is 0.465 e. The number of benzene rings is 2. The molecule has 26 heavy (non-hydrogen) atoms. The number of nitrogens with one attached hydrogen (secondary N) is 1. The van der Waals surface area contributed by atoms with E-state index in [1.807, 2.05) is 38.1 Å². The summed E-state index contributed by atoms with van der Waals surface area (Å²) in [5, 5.41) is 2.77. The highest BCUT2D eigenvalue weighted by atomic mass is 16.5. The first-order valence-electron chi connectivity index (χ1n) is 8.12. The Bertz CT molecular complexity index is 798. The lowest BCUT2D eigenvalue weighted by Gasteiger charge is -2.14. The third kappa shape index (κ3) is 5.17. The first-order chi connectivity index (χ1) is 12.4. The summed E-state index contributed by atoms with van der Waals surface area (Å²) in [6.45, 7) is 3.43. The van der Waals surface area contributed by atoms with Crippen molar-refractivity contribution in [3.05, 3.63) is 70.8 Å². The molecule has 0 aliphatic rings. The van der Waals surface area contributed by atoms with E-state index in [2.05, 4.69) is 10.1 Å². The first-order valence-corrected chi connectivity index (χ1v) is 8.12. The molecule has 136 valence electrons. The first kappa shape index (κ1) is 19.2. The smallest absolute Gasteiger partial charge is 0.338 e. The molecule has 0 aliphatic carbocycles. The monoisotopic (exact) mass is 355 g/mol. The Balaban J connectivity index is 1.89. The van der Waals surface area contributed by atoms with Crippen molar-refractivity contribution >= 4 is 17.8 Å². The summed E-state index contributed by atoms with van der Waals surface area (Å²) in [5.74, 6) is -1.64. The number of aryl methyl sites for hydroxylation is 1. The Kier molecular flexibility index (Phi) is 6.49. The highest BCUT2D eigenvalue weighted by Gasteiger charge is 2.15. The van der Waals surface area contributed by atoms with E-state index >= 15 is 0 Å². The van der Waals surface area contributed by atoms with Crippen LogP contribution in [0.5, 0.6) is 0 Å². The van der Waals surface area contributed by atoms with Crippen molar-refractivity contribution in [2.75, 3.05) is 13.7 Å². The molecular formula is C20H21NO5. The normalized spacial score (nSPS) is 11.3. The number of amides is 1. The number of methoxy groups -OCH3 is 1. The van der Waals surface area contributed by atoms with Gasteiger partial charge in [-0.1, -0.05) is 35.9 Å². The van der Waals surface area contributed by atoms with Gasteiger partial charge in [0, 0.05) is 0 Å². The molecule has 0 spiro atoms. The predicted octanol–water partition coefficient (Wildman–Crippen LogP) is 2.82. The average Bonchev–Trinajstić information content (AvgIpc) is 2.66. The van der Waals surface area contributed by atoms with Crippen LogP contribution in [0.2, 0.25) is 0 Å². The maximum atomic E-state index is 12.1. The fourth-order valence-corrected chi connectivity index (χ4v) is 2.33. The van der Waals surface area contributed by atoms with E-state index in [1.165, 1.54) is 25.3 Å². The molecule has 0 saturated carbocycles. The lowest BCUT2D eigenvalue weighted by molar-refractivity contribution is -0.124. The molecule has 0 saturated heterocycles. The number of esters is 2. The van der Waals surface area contributed by atoms with Gasteiger partial charge in [0.2, 0.25) is 0 Å². The number of hydrogen-bond donors (Lipinski definition) is 1. The fourth-order valence-electron chi connectivity index (χ4n) is 2.33. The molecule has 1 N–H and O–H groups in total. The molecule has 6 nitrogen and oxygen atoms in total. The fraction of sp³-hybridized carbons (Fsp3) is 0.250. The number of hydrogen-bond acceptors (Lipinski definition) is 5. The highest BCUT2D eigenvalue weighted by Crippen LogP contribution is 2.13. The third-order valence-electron chi connectivity index (χ3n) is 3.81. The number of ether oxygens (including phenoxy) is 2. The number of rotatable bonds is 6. The summed E-state index contributed by atoms with van der Waals surface area (Å²) in [7, 11) is 1.26. The summed E-state index contributed by atoms with van der Waals surface area (Å²) >= 11 is 0. The van der Waals surface area contributed by atoms with Gasteiger partial charge >= 0.3 is 11.9 Å². The second kappa shape index (κ2) is 8.80. The van der Waals surface area contributed by atoms with Crippen LogP contribution < -0.4 is 5.32 Å². The molecule has 0 aromatic heterocycles. The molecule has 0 radical (unpaired) electrons. The topological polar surface area (TPSA) is 81.7 Å². The summed E-state index contributed by atoms with van der Waals surface area (Å²) in [4.78, 5) is 35.5. The molecule has 1 amide bonds. The van der Waals surface area contributed by atoms with Gasteiger partial charge < -0.3 is 14.8 Å².